The summed E-state index contributed by atoms with van der Waals surface area (Å²) in [6.45, 7) is 1.07. The second-order valence-electron chi connectivity index (χ2n) is 3.19. The molecule has 70 valence electrons. The van der Waals surface area contributed by atoms with Crippen LogP contribution in [0.4, 0.5) is 5.69 Å². The van der Waals surface area contributed by atoms with E-state index in [2.05, 4.69) is 21.2 Å². The van der Waals surface area contributed by atoms with Gasteiger partial charge in [-0.15, -0.1) is 0 Å². The molecule has 2 rings (SSSR count). The third kappa shape index (κ3) is 1.68. The summed E-state index contributed by atoms with van der Waals surface area (Å²) in [5.74, 6) is 0. The molecule has 1 heterocycles. The number of rotatable bonds is 1. The van der Waals surface area contributed by atoms with E-state index in [-0.39, 0.29) is 0 Å². The highest BCUT2D eigenvalue weighted by molar-refractivity contribution is 9.10. The highest BCUT2D eigenvalue weighted by Crippen LogP contribution is 2.34. The van der Waals surface area contributed by atoms with Gasteiger partial charge in [-0.2, -0.15) is 0 Å². The lowest BCUT2D eigenvalue weighted by molar-refractivity contribution is 0.384. The topological polar surface area (TPSA) is 38.0 Å². The molecule has 0 unspecified atom stereocenters. The zero-order chi connectivity index (χ0) is 9.42. The molecule has 3 N–H and O–H groups in total. The molecular weight excluding hydrogens is 251 g/mol. The molecule has 1 aromatic carbocycles. The van der Waals surface area contributed by atoms with Crippen molar-refractivity contribution in [2.24, 2.45) is 0 Å². The Bertz CT molecular complexity index is 337. The quantitative estimate of drug-likeness (QED) is 0.763. The van der Waals surface area contributed by atoms with Crippen molar-refractivity contribution in [1.82, 2.24) is 5.32 Å². The van der Waals surface area contributed by atoms with E-state index in [1.54, 1.807) is 6.07 Å². The Morgan fingerprint density at radius 3 is 2.77 bits per heavy atom. The molecule has 0 aromatic heterocycles. The van der Waals surface area contributed by atoms with E-state index >= 15 is 0 Å². The minimum atomic E-state index is 0.411. The first kappa shape index (κ1) is 9.31. The van der Waals surface area contributed by atoms with Crippen LogP contribution in [-0.4, -0.2) is 6.54 Å². The molecule has 1 aliphatic heterocycles. The Hall–Kier alpha value is -0.250. The van der Waals surface area contributed by atoms with Crippen molar-refractivity contribution in [3.05, 3.63) is 27.2 Å². The number of nitrogens with one attached hydrogen (secondary N) is 1. The molecule has 1 fully saturated rings. The van der Waals surface area contributed by atoms with E-state index in [0.29, 0.717) is 11.1 Å². The first-order chi connectivity index (χ1) is 6.18. The van der Waals surface area contributed by atoms with E-state index in [9.17, 15) is 0 Å². The number of hydrogen-bond acceptors (Lipinski definition) is 2. The van der Waals surface area contributed by atoms with Crippen molar-refractivity contribution < 1.29 is 0 Å². The average molecular weight is 262 g/mol. The molecule has 0 aliphatic carbocycles. The van der Waals surface area contributed by atoms with Gasteiger partial charge < -0.3 is 11.1 Å². The van der Waals surface area contributed by atoms with Gasteiger partial charge in [0.1, 0.15) is 0 Å². The Morgan fingerprint density at radius 1 is 1.54 bits per heavy atom. The van der Waals surface area contributed by atoms with Gasteiger partial charge in [-0.25, -0.2) is 0 Å². The smallest absolute Gasteiger partial charge is 0.0568 e. The minimum Gasteiger partial charge on any atom is -0.398 e. The summed E-state index contributed by atoms with van der Waals surface area (Å²) in [6.07, 6.45) is 1.15. The van der Waals surface area contributed by atoms with Gasteiger partial charge in [-0.05, 0) is 46.6 Å². The van der Waals surface area contributed by atoms with Crippen molar-refractivity contribution >= 4 is 33.2 Å². The lowest BCUT2D eigenvalue weighted by Gasteiger charge is -2.29. The third-order valence-corrected chi connectivity index (χ3v) is 3.52. The molecule has 4 heteroatoms. The third-order valence-electron chi connectivity index (χ3n) is 2.33. The van der Waals surface area contributed by atoms with Crippen molar-refractivity contribution in [3.63, 3.8) is 0 Å². The lowest BCUT2D eigenvalue weighted by atomic mass is 9.97. The second-order valence-corrected chi connectivity index (χ2v) is 4.45. The standard InChI is InChI=1S/C9H10BrClN2/c10-6-3-5(9-1-2-13-9)8(12)4-7(6)11/h3-4,9,13H,1-2,12H2/t9-/m1/s1. The van der Waals surface area contributed by atoms with Gasteiger partial charge in [0.05, 0.1) is 5.02 Å². The molecule has 0 amide bonds. The van der Waals surface area contributed by atoms with Gasteiger partial charge in [0, 0.05) is 16.2 Å². The molecule has 0 spiro atoms. The van der Waals surface area contributed by atoms with Gasteiger partial charge in [0.25, 0.3) is 0 Å². The number of nitrogens with two attached hydrogens (primary N) is 1. The zero-order valence-corrected chi connectivity index (χ0v) is 9.32. The largest absolute Gasteiger partial charge is 0.398 e. The van der Waals surface area contributed by atoms with Crippen molar-refractivity contribution in [2.75, 3.05) is 12.3 Å². The Morgan fingerprint density at radius 2 is 2.23 bits per heavy atom. The minimum absolute atomic E-state index is 0.411. The number of halogens is 2. The van der Waals surface area contributed by atoms with E-state index in [4.69, 9.17) is 17.3 Å². The maximum atomic E-state index is 5.90. The normalized spacial score (nSPS) is 21.2. The predicted molar refractivity (Wildman–Crippen MR) is 58.9 cm³/mol. The van der Waals surface area contributed by atoms with Crippen LogP contribution < -0.4 is 11.1 Å². The van der Waals surface area contributed by atoms with Gasteiger partial charge >= 0.3 is 0 Å². The van der Waals surface area contributed by atoms with Crippen LogP contribution in [0.1, 0.15) is 18.0 Å². The van der Waals surface area contributed by atoms with E-state index in [1.165, 1.54) is 0 Å². The summed E-state index contributed by atoms with van der Waals surface area (Å²) >= 11 is 9.29. The maximum absolute atomic E-state index is 5.90. The van der Waals surface area contributed by atoms with Gasteiger partial charge in [-0.1, -0.05) is 11.6 Å². The first-order valence-electron chi connectivity index (χ1n) is 4.16. The van der Waals surface area contributed by atoms with Gasteiger partial charge in [0.15, 0.2) is 0 Å². The van der Waals surface area contributed by atoms with Crippen LogP contribution in [0.3, 0.4) is 0 Å². The average Bonchev–Trinajstić information content (AvgIpc) is 1.96. The van der Waals surface area contributed by atoms with E-state index in [1.807, 2.05) is 6.07 Å². The molecule has 1 atom stereocenters. The highest BCUT2D eigenvalue weighted by Gasteiger charge is 2.21. The monoisotopic (exact) mass is 260 g/mol. The predicted octanol–water partition coefficient (Wildman–Crippen LogP) is 2.72. The fraction of sp³-hybridized carbons (Fsp3) is 0.333. The summed E-state index contributed by atoms with van der Waals surface area (Å²) in [5, 5.41) is 3.97. The summed E-state index contributed by atoms with van der Waals surface area (Å²) in [5.41, 5.74) is 7.77. The van der Waals surface area contributed by atoms with Crippen LogP contribution in [-0.2, 0) is 0 Å². The zero-order valence-electron chi connectivity index (χ0n) is 6.98. The molecule has 0 bridgehead atoms. The number of nitrogen functional groups attached to an aromatic ring is 1. The molecule has 1 aromatic rings. The molecular formula is C9H10BrClN2. The highest BCUT2D eigenvalue weighted by atomic mass is 79.9. The van der Waals surface area contributed by atoms with Crippen LogP contribution in [0.15, 0.2) is 16.6 Å². The first-order valence-corrected chi connectivity index (χ1v) is 5.33. The summed E-state index contributed by atoms with van der Waals surface area (Å²) in [7, 11) is 0. The molecule has 1 saturated heterocycles. The molecule has 1 aliphatic rings. The number of hydrogen-bond donors (Lipinski definition) is 2. The van der Waals surface area contributed by atoms with Gasteiger partial charge in [-0.3, -0.25) is 0 Å². The SMILES string of the molecule is Nc1cc(Cl)c(Br)cc1[C@H]1CCN1. The lowest BCUT2D eigenvalue weighted by Crippen LogP contribution is -2.35. The summed E-state index contributed by atoms with van der Waals surface area (Å²) < 4.78 is 0.909. The van der Waals surface area contributed by atoms with Crippen LogP contribution in [0.25, 0.3) is 0 Å². The van der Waals surface area contributed by atoms with E-state index in [0.717, 1.165) is 28.7 Å². The van der Waals surface area contributed by atoms with Crippen molar-refractivity contribution in [1.29, 1.82) is 0 Å². The Labute approximate surface area is 90.6 Å². The van der Waals surface area contributed by atoms with Crippen LogP contribution in [0, 0.1) is 0 Å². The summed E-state index contributed by atoms with van der Waals surface area (Å²) in [4.78, 5) is 0. The van der Waals surface area contributed by atoms with Crippen LogP contribution >= 0.6 is 27.5 Å². The van der Waals surface area contributed by atoms with E-state index < -0.39 is 0 Å². The second kappa shape index (κ2) is 3.48. The molecule has 2 nitrogen and oxygen atoms in total. The fourth-order valence-corrected chi connectivity index (χ4v) is 1.97. The number of anilines is 1. The molecule has 0 radical (unpaired) electrons. The maximum Gasteiger partial charge on any atom is 0.0568 e. The Kier molecular flexibility index (Phi) is 2.49. The van der Waals surface area contributed by atoms with Crippen LogP contribution in [0.2, 0.25) is 5.02 Å². The summed E-state index contributed by atoms with van der Waals surface area (Å²) in [6, 6.07) is 4.20. The molecule has 13 heavy (non-hydrogen) atoms. The van der Waals surface area contributed by atoms with Crippen molar-refractivity contribution in [3.8, 4) is 0 Å². The molecule has 0 saturated carbocycles. The van der Waals surface area contributed by atoms with Gasteiger partial charge in [0.2, 0.25) is 0 Å². The fourth-order valence-electron chi connectivity index (χ4n) is 1.43. The van der Waals surface area contributed by atoms with Crippen molar-refractivity contribution in [2.45, 2.75) is 12.5 Å². The number of benzene rings is 1. The van der Waals surface area contributed by atoms with Crippen LogP contribution in [0.5, 0.6) is 0 Å². The Balaban J connectivity index is 2.39.